The maximum atomic E-state index is 2.33. The van der Waals surface area contributed by atoms with Crippen LogP contribution in [0.2, 0.25) is 0 Å². The average molecular weight is 281 g/mol. The largest absolute Gasteiger partial charge is 0.145 e. The summed E-state index contributed by atoms with van der Waals surface area (Å²) in [5.74, 6) is 0. The Balaban J connectivity index is 1.86. The van der Waals surface area contributed by atoms with Crippen molar-refractivity contribution in [3.63, 3.8) is 0 Å². The van der Waals surface area contributed by atoms with Crippen LogP contribution in [0.4, 0.5) is 0 Å². The minimum absolute atomic E-state index is 1.20. The Hall–Kier alpha value is -0.300. The first-order chi connectivity index (χ1) is 9.36. The maximum Gasteiger partial charge on any atom is 0.00481 e. The molecule has 0 nitrogen and oxygen atoms in total. The first-order valence-corrected chi connectivity index (χ1v) is 9.26. The molecule has 0 spiro atoms. The van der Waals surface area contributed by atoms with E-state index < -0.39 is 0 Å². The Bertz CT molecular complexity index is 300. The van der Waals surface area contributed by atoms with Gasteiger partial charge in [0.25, 0.3) is 0 Å². The number of hydrogen-bond donors (Lipinski definition) is 0. The molecule has 1 aromatic rings. The predicted molar refractivity (Wildman–Crippen MR) is 89.2 cm³/mol. The number of thiophene rings is 1. The molecule has 110 valence electrons. The van der Waals surface area contributed by atoms with E-state index in [0.717, 1.165) is 0 Å². The van der Waals surface area contributed by atoms with Gasteiger partial charge in [-0.25, -0.2) is 0 Å². The van der Waals surface area contributed by atoms with E-state index in [1.54, 1.807) is 9.75 Å². The molecule has 1 rings (SSSR count). The second-order valence-electron chi connectivity index (χ2n) is 5.65. The SMILES string of the molecule is CCCCCCCCCCCCc1ccc(CC)s1. The molecule has 0 N–H and O–H groups in total. The van der Waals surface area contributed by atoms with Crippen molar-refractivity contribution in [1.29, 1.82) is 0 Å². The molecule has 0 fully saturated rings. The van der Waals surface area contributed by atoms with Crippen molar-refractivity contribution in [3.8, 4) is 0 Å². The second-order valence-corrected chi connectivity index (χ2v) is 6.91. The fourth-order valence-electron chi connectivity index (χ4n) is 2.53. The van der Waals surface area contributed by atoms with Crippen LogP contribution < -0.4 is 0 Å². The summed E-state index contributed by atoms with van der Waals surface area (Å²) in [6.07, 6.45) is 16.8. The molecule has 0 saturated heterocycles. The minimum atomic E-state index is 1.20. The van der Waals surface area contributed by atoms with Crippen LogP contribution in [-0.4, -0.2) is 0 Å². The van der Waals surface area contributed by atoms with Crippen molar-refractivity contribution in [3.05, 3.63) is 21.9 Å². The van der Waals surface area contributed by atoms with Gasteiger partial charge in [0, 0.05) is 9.75 Å². The lowest BCUT2D eigenvalue weighted by Gasteiger charge is -2.01. The topological polar surface area (TPSA) is 0 Å². The summed E-state index contributed by atoms with van der Waals surface area (Å²) >= 11 is 2.01. The molecule has 0 radical (unpaired) electrons. The summed E-state index contributed by atoms with van der Waals surface area (Å²) in [5.41, 5.74) is 0. The van der Waals surface area contributed by atoms with Gasteiger partial charge in [0.2, 0.25) is 0 Å². The summed E-state index contributed by atoms with van der Waals surface area (Å²) in [6.45, 7) is 4.53. The van der Waals surface area contributed by atoms with E-state index in [0.29, 0.717) is 0 Å². The molecule has 0 aliphatic heterocycles. The molecule has 0 aliphatic rings. The Morgan fingerprint density at radius 2 is 1.21 bits per heavy atom. The molecule has 0 aliphatic carbocycles. The number of unbranched alkanes of at least 4 members (excludes halogenated alkanes) is 9. The van der Waals surface area contributed by atoms with Gasteiger partial charge >= 0.3 is 0 Å². The van der Waals surface area contributed by atoms with Gasteiger partial charge in [-0.05, 0) is 31.4 Å². The molecule has 1 heteroatoms. The lowest BCUT2D eigenvalue weighted by atomic mass is 10.1. The zero-order valence-electron chi connectivity index (χ0n) is 13.0. The Kier molecular flexibility index (Phi) is 10.2. The van der Waals surface area contributed by atoms with Crippen LogP contribution in [0, 0.1) is 0 Å². The zero-order chi connectivity index (χ0) is 13.8. The first-order valence-electron chi connectivity index (χ1n) is 8.44. The van der Waals surface area contributed by atoms with Crippen molar-refractivity contribution in [1.82, 2.24) is 0 Å². The summed E-state index contributed by atoms with van der Waals surface area (Å²) in [6, 6.07) is 4.63. The van der Waals surface area contributed by atoms with Crippen LogP contribution in [0.3, 0.4) is 0 Å². The standard InChI is InChI=1S/C18H32S/c1-3-5-6-7-8-9-10-11-12-13-14-18-16-15-17(4-2)19-18/h15-16H,3-14H2,1-2H3. The Morgan fingerprint density at radius 3 is 1.74 bits per heavy atom. The van der Waals surface area contributed by atoms with E-state index in [-0.39, 0.29) is 0 Å². The minimum Gasteiger partial charge on any atom is -0.145 e. The Labute approximate surface area is 124 Å². The fourth-order valence-corrected chi connectivity index (χ4v) is 3.53. The molecular formula is C18H32S. The van der Waals surface area contributed by atoms with Crippen LogP contribution in [0.5, 0.6) is 0 Å². The molecule has 0 saturated carbocycles. The molecule has 1 heterocycles. The van der Waals surface area contributed by atoms with Gasteiger partial charge in [-0.2, -0.15) is 0 Å². The van der Waals surface area contributed by atoms with E-state index in [1.165, 1.54) is 77.0 Å². The first kappa shape index (κ1) is 16.8. The van der Waals surface area contributed by atoms with Crippen LogP contribution in [-0.2, 0) is 12.8 Å². The average Bonchev–Trinajstić information content (AvgIpc) is 2.89. The third-order valence-electron chi connectivity index (χ3n) is 3.84. The lowest BCUT2D eigenvalue weighted by molar-refractivity contribution is 0.557. The smallest absolute Gasteiger partial charge is 0.00481 e. The number of rotatable bonds is 12. The maximum absolute atomic E-state index is 2.33. The van der Waals surface area contributed by atoms with Crippen molar-refractivity contribution in [2.24, 2.45) is 0 Å². The molecule has 19 heavy (non-hydrogen) atoms. The third-order valence-corrected chi connectivity index (χ3v) is 5.13. The molecule has 1 aromatic heterocycles. The van der Waals surface area contributed by atoms with E-state index >= 15 is 0 Å². The van der Waals surface area contributed by atoms with Crippen LogP contribution in [0.25, 0.3) is 0 Å². The summed E-state index contributed by atoms with van der Waals surface area (Å²) < 4.78 is 0. The fraction of sp³-hybridized carbons (Fsp3) is 0.778. The molecule has 0 amide bonds. The molecule has 0 aromatic carbocycles. The Morgan fingerprint density at radius 1 is 0.684 bits per heavy atom. The lowest BCUT2D eigenvalue weighted by Crippen LogP contribution is -1.84. The molecule has 0 unspecified atom stereocenters. The van der Waals surface area contributed by atoms with Gasteiger partial charge in [0.1, 0.15) is 0 Å². The zero-order valence-corrected chi connectivity index (χ0v) is 13.9. The summed E-state index contributed by atoms with van der Waals surface area (Å²) in [7, 11) is 0. The van der Waals surface area contributed by atoms with Crippen molar-refractivity contribution >= 4 is 11.3 Å². The number of aryl methyl sites for hydroxylation is 2. The van der Waals surface area contributed by atoms with Crippen LogP contribution in [0.1, 0.15) is 87.8 Å². The normalized spacial score (nSPS) is 11.1. The van der Waals surface area contributed by atoms with E-state index in [9.17, 15) is 0 Å². The van der Waals surface area contributed by atoms with E-state index in [2.05, 4.69) is 26.0 Å². The molecule has 0 bridgehead atoms. The highest BCUT2D eigenvalue weighted by Gasteiger charge is 1.98. The van der Waals surface area contributed by atoms with Gasteiger partial charge in [-0.3, -0.25) is 0 Å². The van der Waals surface area contributed by atoms with Crippen LogP contribution >= 0.6 is 11.3 Å². The van der Waals surface area contributed by atoms with Gasteiger partial charge in [0.15, 0.2) is 0 Å². The predicted octanol–water partition coefficient (Wildman–Crippen LogP) is 6.77. The van der Waals surface area contributed by atoms with E-state index in [1.807, 2.05) is 11.3 Å². The number of hydrogen-bond acceptors (Lipinski definition) is 1. The van der Waals surface area contributed by atoms with Crippen molar-refractivity contribution in [2.75, 3.05) is 0 Å². The highest BCUT2D eigenvalue weighted by atomic mass is 32.1. The van der Waals surface area contributed by atoms with Crippen molar-refractivity contribution in [2.45, 2.75) is 90.9 Å². The van der Waals surface area contributed by atoms with Crippen LogP contribution in [0.15, 0.2) is 12.1 Å². The van der Waals surface area contributed by atoms with Crippen molar-refractivity contribution < 1.29 is 0 Å². The highest BCUT2D eigenvalue weighted by Crippen LogP contribution is 2.19. The summed E-state index contributed by atoms with van der Waals surface area (Å²) in [4.78, 5) is 3.14. The third kappa shape index (κ3) is 8.47. The summed E-state index contributed by atoms with van der Waals surface area (Å²) in [5, 5.41) is 0. The molecule has 0 atom stereocenters. The van der Waals surface area contributed by atoms with E-state index in [4.69, 9.17) is 0 Å². The van der Waals surface area contributed by atoms with Gasteiger partial charge < -0.3 is 0 Å². The quantitative estimate of drug-likeness (QED) is 0.370. The second kappa shape index (κ2) is 11.5. The monoisotopic (exact) mass is 280 g/mol. The van der Waals surface area contributed by atoms with Gasteiger partial charge in [-0.15, -0.1) is 11.3 Å². The molecular weight excluding hydrogens is 248 g/mol. The van der Waals surface area contributed by atoms with Gasteiger partial charge in [0.05, 0.1) is 0 Å². The van der Waals surface area contributed by atoms with Gasteiger partial charge in [-0.1, -0.05) is 71.6 Å². The highest BCUT2D eigenvalue weighted by molar-refractivity contribution is 7.11.